The quantitative estimate of drug-likeness (QED) is 0.806. The summed E-state index contributed by atoms with van der Waals surface area (Å²) in [7, 11) is 0. The van der Waals surface area contributed by atoms with Crippen molar-refractivity contribution in [2.45, 2.75) is 12.3 Å². The van der Waals surface area contributed by atoms with E-state index >= 15 is 0 Å². The molecular weight excluding hydrogens is 262 g/mol. The van der Waals surface area contributed by atoms with Crippen LogP contribution in [0.4, 0.5) is 11.4 Å². The Balaban J connectivity index is 2.16. The molecule has 16 heavy (non-hydrogen) atoms. The van der Waals surface area contributed by atoms with Crippen LogP contribution in [0.5, 0.6) is 0 Å². The third-order valence-corrected chi connectivity index (χ3v) is 3.07. The maximum atomic E-state index is 3.46. The molecule has 0 amide bonds. The third kappa shape index (κ3) is 2.86. The number of benzene rings is 2. The predicted molar refractivity (Wildman–Crippen MR) is 73.5 cm³/mol. The number of rotatable bonds is 3. The van der Waals surface area contributed by atoms with Crippen molar-refractivity contribution >= 4 is 27.3 Å². The summed E-state index contributed by atoms with van der Waals surface area (Å²) >= 11 is 3.46. The van der Waals surface area contributed by atoms with Crippen LogP contribution in [-0.2, 0) is 5.33 Å². The number of aryl methyl sites for hydroxylation is 1. The summed E-state index contributed by atoms with van der Waals surface area (Å²) < 4.78 is 0. The maximum absolute atomic E-state index is 3.46. The van der Waals surface area contributed by atoms with Gasteiger partial charge in [0.2, 0.25) is 0 Å². The summed E-state index contributed by atoms with van der Waals surface area (Å²) in [4.78, 5) is 0. The Labute approximate surface area is 105 Å². The Morgan fingerprint density at radius 3 is 2.44 bits per heavy atom. The van der Waals surface area contributed by atoms with Crippen molar-refractivity contribution in [3.05, 3.63) is 59.7 Å². The van der Waals surface area contributed by atoms with Crippen LogP contribution in [0.2, 0.25) is 0 Å². The Kier molecular flexibility index (Phi) is 3.62. The van der Waals surface area contributed by atoms with Crippen LogP contribution >= 0.6 is 15.9 Å². The topological polar surface area (TPSA) is 12.0 Å². The number of halogens is 1. The largest absolute Gasteiger partial charge is 0.356 e. The van der Waals surface area contributed by atoms with Gasteiger partial charge in [0.1, 0.15) is 0 Å². The van der Waals surface area contributed by atoms with Crippen LogP contribution in [0.3, 0.4) is 0 Å². The smallest absolute Gasteiger partial charge is 0.0387 e. The van der Waals surface area contributed by atoms with Crippen molar-refractivity contribution in [2.24, 2.45) is 0 Å². The minimum Gasteiger partial charge on any atom is -0.356 e. The number of hydrogen-bond donors (Lipinski definition) is 1. The molecule has 2 rings (SSSR count). The lowest BCUT2D eigenvalue weighted by Crippen LogP contribution is -1.90. The maximum Gasteiger partial charge on any atom is 0.0387 e. The van der Waals surface area contributed by atoms with Crippen molar-refractivity contribution in [3.63, 3.8) is 0 Å². The highest BCUT2D eigenvalue weighted by Gasteiger charge is 1.95. The monoisotopic (exact) mass is 275 g/mol. The lowest BCUT2D eigenvalue weighted by Gasteiger charge is -2.07. The first kappa shape index (κ1) is 11.2. The van der Waals surface area contributed by atoms with E-state index in [0.29, 0.717) is 0 Å². The fourth-order valence-electron chi connectivity index (χ4n) is 1.54. The molecule has 2 aromatic rings. The standard InChI is InChI=1S/C14H14BrN/c1-11-5-7-13(8-6-11)16-14-4-2-3-12(9-14)10-15/h2-9,16H,10H2,1H3. The fourth-order valence-corrected chi connectivity index (χ4v) is 1.88. The summed E-state index contributed by atoms with van der Waals surface area (Å²) in [5.74, 6) is 0. The van der Waals surface area contributed by atoms with E-state index in [9.17, 15) is 0 Å². The Morgan fingerprint density at radius 2 is 1.75 bits per heavy atom. The van der Waals surface area contributed by atoms with Gasteiger partial charge in [-0.05, 0) is 36.8 Å². The molecule has 0 atom stereocenters. The lowest BCUT2D eigenvalue weighted by atomic mass is 10.2. The van der Waals surface area contributed by atoms with E-state index in [2.05, 4.69) is 76.7 Å². The molecule has 0 bridgehead atoms. The first-order valence-corrected chi connectivity index (χ1v) is 6.39. The van der Waals surface area contributed by atoms with Crippen molar-refractivity contribution in [3.8, 4) is 0 Å². The highest BCUT2D eigenvalue weighted by Crippen LogP contribution is 2.19. The molecule has 1 nitrogen and oxygen atoms in total. The molecule has 0 radical (unpaired) electrons. The molecule has 2 aromatic carbocycles. The van der Waals surface area contributed by atoms with Gasteiger partial charge in [-0.25, -0.2) is 0 Å². The molecule has 0 aliphatic heterocycles. The molecule has 0 heterocycles. The van der Waals surface area contributed by atoms with Gasteiger partial charge in [0.25, 0.3) is 0 Å². The molecular formula is C14H14BrN. The number of nitrogens with one attached hydrogen (secondary N) is 1. The molecule has 0 unspecified atom stereocenters. The zero-order valence-electron chi connectivity index (χ0n) is 9.20. The van der Waals surface area contributed by atoms with E-state index in [1.165, 1.54) is 11.1 Å². The first-order valence-electron chi connectivity index (χ1n) is 5.26. The minimum atomic E-state index is 0.885. The SMILES string of the molecule is Cc1ccc(Nc2cccc(CBr)c2)cc1. The van der Waals surface area contributed by atoms with Crippen LogP contribution in [0.1, 0.15) is 11.1 Å². The third-order valence-electron chi connectivity index (χ3n) is 2.42. The van der Waals surface area contributed by atoms with Gasteiger partial charge in [0.15, 0.2) is 0 Å². The van der Waals surface area contributed by atoms with Crippen LogP contribution in [0.25, 0.3) is 0 Å². The minimum absolute atomic E-state index is 0.885. The summed E-state index contributed by atoms with van der Waals surface area (Å²) in [5.41, 5.74) is 4.80. The van der Waals surface area contributed by atoms with Crippen LogP contribution in [0.15, 0.2) is 48.5 Å². The van der Waals surface area contributed by atoms with Gasteiger partial charge in [-0.3, -0.25) is 0 Å². The summed E-state index contributed by atoms with van der Waals surface area (Å²) in [5, 5.41) is 4.27. The number of alkyl halides is 1. The van der Waals surface area contributed by atoms with Crippen LogP contribution in [-0.4, -0.2) is 0 Å². The molecule has 2 heteroatoms. The average molecular weight is 276 g/mol. The molecule has 0 aliphatic rings. The van der Waals surface area contributed by atoms with Gasteiger partial charge in [0.05, 0.1) is 0 Å². The predicted octanol–water partition coefficient (Wildman–Crippen LogP) is 4.63. The van der Waals surface area contributed by atoms with E-state index < -0.39 is 0 Å². The molecule has 0 aromatic heterocycles. The zero-order valence-corrected chi connectivity index (χ0v) is 10.8. The normalized spacial score (nSPS) is 10.1. The Bertz CT molecular complexity index is 462. The van der Waals surface area contributed by atoms with E-state index in [0.717, 1.165) is 16.7 Å². The summed E-state index contributed by atoms with van der Waals surface area (Å²) in [6, 6.07) is 16.8. The van der Waals surface area contributed by atoms with Gasteiger partial charge in [0, 0.05) is 16.7 Å². The number of anilines is 2. The Hall–Kier alpha value is -1.28. The van der Waals surface area contributed by atoms with Crippen molar-refractivity contribution in [1.29, 1.82) is 0 Å². The second-order valence-electron chi connectivity index (χ2n) is 3.83. The van der Waals surface area contributed by atoms with Gasteiger partial charge in [-0.1, -0.05) is 45.8 Å². The van der Waals surface area contributed by atoms with Crippen molar-refractivity contribution in [1.82, 2.24) is 0 Å². The number of hydrogen-bond acceptors (Lipinski definition) is 1. The summed E-state index contributed by atoms with van der Waals surface area (Å²) in [6.45, 7) is 2.09. The lowest BCUT2D eigenvalue weighted by molar-refractivity contribution is 1.41. The first-order chi connectivity index (χ1) is 7.78. The highest BCUT2D eigenvalue weighted by atomic mass is 79.9. The average Bonchev–Trinajstić information content (AvgIpc) is 2.32. The van der Waals surface area contributed by atoms with E-state index in [1.54, 1.807) is 0 Å². The van der Waals surface area contributed by atoms with Crippen molar-refractivity contribution < 1.29 is 0 Å². The van der Waals surface area contributed by atoms with Gasteiger partial charge in [-0.15, -0.1) is 0 Å². The molecule has 0 fully saturated rings. The van der Waals surface area contributed by atoms with Crippen LogP contribution in [0, 0.1) is 6.92 Å². The van der Waals surface area contributed by atoms with Gasteiger partial charge in [-0.2, -0.15) is 0 Å². The van der Waals surface area contributed by atoms with Crippen molar-refractivity contribution in [2.75, 3.05) is 5.32 Å². The second-order valence-corrected chi connectivity index (χ2v) is 4.39. The zero-order chi connectivity index (χ0) is 11.4. The highest BCUT2D eigenvalue weighted by molar-refractivity contribution is 9.08. The molecule has 0 saturated carbocycles. The molecule has 1 N–H and O–H groups in total. The fraction of sp³-hybridized carbons (Fsp3) is 0.143. The molecule has 0 saturated heterocycles. The van der Waals surface area contributed by atoms with Crippen LogP contribution < -0.4 is 5.32 Å². The van der Waals surface area contributed by atoms with E-state index in [-0.39, 0.29) is 0 Å². The van der Waals surface area contributed by atoms with Gasteiger partial charge < -0.3 is 5.32 Å². The second kappa shape index (κ2) is 5.17. The van der Waals surface area contributed by atoms with Gasteiger partial charge >= 0.3 is 0 Å². The molecule has 0 aliphatic carbocycles. The molecule has 82 valence electrons. The summed E-state index contributed by atoms with van der Waals surface area (Å²) in [6.07, 6.45) is 0. The Morgan fingerprint density at radius 1 is 1.00 bits per heavy atom. The molecule has 0 spiro atoms. The van der Waals surface area contributed by atoms with E-state index in [1.807, 2.05) is 0 Å². The van der Waals surface area contributed by atoms with E-state index in [4.69, 9.17) is 0 Å².